The lowest BCUT2D eigenvalue weighted by molar-refractivity contribution is -0.146. The summed E-state index contributed by atoms with van der Waals surface area (Å²) < 4.78 is 5.30. The molecule has 1 aliphatic carbocycles. The molecule has 1 saturated carbocycles. The Bertz CT molecular complexity index is 765. The third-order valence-corrected chi connectivity index (χ3v) is 7.43. The van der Waals surface area contributed by atoms with Crippen LogP contribution in [0.1, 0.15) is 37.2 Å². The Morgan fingerprint density at radius 3 is 2.33 bits per heavy atom. The summed E-state index contributed by atoms with van der Waals surface area (Å²) >= 11 is 0. The SMILES string of the molecule is COc1ccc([C@@H]2CN(C(=O)C3(C(N)=O)CC3)[C@@H]3C4CCN(CC4)[C@@H]32)cc1. The van der Waals surface area contributed by atoms with E-state index < -0.39 is 11.3 Å². The van der Waals surface area contributed by atoms with E-state index in [-0.39, 0.29) is 17.9 Å². The number of benzene rings is 1. The van der Waals surface area contributed by atoms with E-state index in [4.69, 9.17) is 10.5 Å². The van der Waals surface area contributed by atoms with Crippen LogP contribution in [-0.2, 0) is 9.59 Å². The minimum Gasteiger partial charge on any atom is -0.497 e. The number of fused-ring (bicyclic) bond motifs is 2. The molecule has 0 unspecified atom stereocenters. The normalized spacial score (nSPS) is 35.6. The third-order valence-electron chi connectivity index (χ3n) is 7.43. The van der Waals surface area contributed by atoms with Crippen LogP contribution in [-0.4, -0.2) is 60.4 Å². The number of primary amides is 1. The molecule has 27 heavy (non-hydrogen) atoms. The number of nitrogens with zero attached hydrogens (tertiary/aromatic N) is 2. The zero-order valence-electron chi connectivity index (χ0n) is 15.8. The summed E-state index contributed by atoms with van der Waals surface area (Å²) in [6, 6.07) is 8.80. The van der Waals surface area contributed by atoms with Crippen molar-refractivity contribution in [2.24, 2.45) is 17.1 Å². The minimum atomic E-state index is -0.925. The standard InChI is InChI=1S/C21H27N3O3/c1-27-15-4-2-13(3-5-15)16-12-24(20(26)21(8-9-21)19(22)25)17-14-6-10-23(11-7-14)18(16)17/h2-5,14,16-18H,6-12H2,1H3,(H2,22,25)/t16-,17+,18+/m0/s1. The van der Waals surface area contributed by atoms with Crippen LogP contribution in [0, 0.1) is 11.3 Å². The van der Waals surface area contributed by atoms with Gasteiger partial charge in [-0.25, -0.2) is 0 Å². The Hall–Kier alpha value is -2.08. The fraction of sp³-hybridized carbons (Fsp3) is 0.619. The number of likely N-dealkylation sites (tertiary alicyclic amines) is 1. The maximum absolute atomic E-state index is 13.4. The molecule has 144 valence electrons. The van der Waals surface area contributed by atoms with Gasteiger partial charge in [0.05, 0.1) is 13.2 Å². The lowest BCUT2D eigenvalue weighted by Gasteiger charge is -2.51. The summed E-state index contributed by atoms with van der Waals surface area (Å²) in [7, 11) is 1.67. The van der Waals surface area contributed by atoms with Crippen LogP contribution in [0.4, 0.5) is 0 Å². The van der Waals surface area contributed by atoms with Crippen LogP contribution in [0.2, 0.25) is 0 Å². The number of hydrogen-bond acceptors (Lipinski definition) is 4. The van der Waals surface area contributed by atoms with E-state index in [0.29, 0.717) is 31.3 Å². The summed E-state index contributed by atoms with van der Waals surface area (Å²) in [5, 5.41) is 0. The number of hydrogen-bond donors (Lipinski definition) is 1. The second-order valence-corrected chi connectivity index (χ2v) is 8.64. The lowest BCUT2D eigenvalue weighted by atomic mass is 9.75. The van der Waals surface area contributed by atoms with Crippen molar-refractivity contribution in [3.05, 3.63) is 29.8 Å². The van der Waals surface area contributed by atoms with Crippen molar-refractivity contribution in [1.82, 2.24) is 9.80 Å². The largest absolute Gasteiger partial charge is 0.497 e. The van der Waals surface area contributed by atoms with E-state index in [0.717, 1.165) is 31.7 Å². The van der Waals surface area contributed by atoms with Gasteiger partial charge >= 0.3 is 0 Å². The van der Waals surface area contributed by atoms with E-state index in [1.54, 1.807) is 7.11 Å². The Labute approximate surface area is 159 Å². The van der Waals surface area contributed by atoms with E-state index in [2.05, 4.69) is 17.0 Å². The molecule has 6 nitrogen and oxygen atoms in total. The molecular formula is C21H27N3O3. The molecule has 0 aromatic heterocycles. The molecule has 3 atom stereocenters. The molecule has 2 bridgehead atoms. The van der Waals surface area contributed by atoms with Crippen molar-refractivity contribution < 1.29 is 14.3 Å². The molecule has 6 rings (SSSR count). The van der Waals surface area contributed by atoms with Gasteiger partial charge < -0.3 is 15.4 Å². The Morgan fingerprint density at radius 1 is 1.11 bits per heavy atom. The minimum absolute atomic E-state index is 0.0187. The molecule has 2 amide bonds. The second-order valence-electron chi connectivity index (χ2n) is 8.64. The fourth-order valence-corrected chi connectivity index (χ4v) is 5.76. The molecule has 1 aromatic rings. The molecule has 6 heteroatoms. The number of carbonyl (C=O) groups is 2. The maximum Gasteiger partial charge on any atom is 0.238 e. The summed E-state index contributed by atoms with van der Waals surface area (Å²) in [5.41, 5.74) is 5.93. The fourth-order valence-electron chi connectivity index (χ4n) is 5.76. The van der Waals surface area contributed by atoms with Gasteiger partial charge in [0.2, 0.25) is 11.8 Å². The lowest BCUT2D eigenvalue weighted by Crippen LogP contribution is -2.61. The predicted octanol–water partition coefficient (Wildman–Crippen LogP) is 1.35. The predicted molar refractivity (Wildman–Crippen MR) is 100 cm³/mol. The summed E-state index contributed by atoms with van der Waals surface area (Å²) in [4.78, 5) is 29.9. The van der Waals surface area contributed by atoms with Crippen molar-refractivity contribution in [2.45, 2.75) is 43.7 Å². The van der Waals surface area contributed by atoms with E-state index in [9.17, 15) is 9.59 Å². The van der Waals surface area contributed by atoms with Crippen LogP contribution in [0.15, 0.2) is 24.3 Å². The van der Waals surface area contributed by atoms with Gasteiger partial charge in [0.25, 0.3) is 0 Å². The van der Waals surface area contributed by atoms with E-state index in [1.165, 1.54) is 5.56 Å². The first-order valence-electron chi connectivity index (χ1n) is 10.0. The molecule has 1 aromatic carbocycles. The number of piperidine rings is 3. The van der Waals surface area contributed by atoms with Crippen molar-refractivity contribution in [2.75, 3.05) is 26.7 Å². The topological polar surface area (TPSA) is 75.9 Å². The number of ether oxygens (including phenoxy) is 1. The van der Waals surface area contributed by atoms with Gasteiger partial charge in [0.15, 0.2) is 0 Å². The molecule has 0 radical (unpaired) electrons. The van der Waals surface area contributed by atoms with Crippen LogP contribution in [0.5, 0.6) is 5.75 Å². The molecule has 4 heterocycles. The zero-order valence-corrected chi connectivity index (χ0v) is 15.8. The van der Waals surface area contributed by atoms with Crippen molar-refractivity contribution in [3.8, 4) is 5.75 Å². The third kappa shape index (κ3) is 2.42. The highest BCUT2D eigenvalue weighted by Gasteiger charge is 2.62. The number of carbonyl (C=O) groups excluding carboxylic acids is 2. The summed E-state index contributed by atoms with van der Waals surface area (Å²) in [6.45, 7) is 2.91. The highest BCUT2D eigenvalue weighted by atomic mass is 16.5. The van der Waals surface area contributed by atoms with Gasteiger partial charge in [-0.3, -0.25) is 14.5 Å². The smallest absolute Gasteiger partial charge is 0.238 e. The van der Waals surface area contributed by atoms with Crippen LogP contribution in [0.3, 0.4) is 0 Å². The maximum atomic E-state index is 13.4. The highest BCUT2D eigenvalue weighted by molar-refractivity contribution is 6.07. The number of amides is 2. The molecule has 0 spiro atoms. The molecule has 5 fully saturated rings. The van der Waals surface area contributed by atoms with Gasteiger partial charge in [-0.2, -0.15) is 0 Å². The first-order chi connectivity index (χ1) is 13.0. The first kappa shape index (κ1) is 17.0. The zero-order chi connectivity index (χ0) is 18.8. The monoisotopic (exact) mass is 369 g/mol. The summed E-state index contributed by atoms with van der Waals surface area (Å²) in [6.07, 6.45) is 3.50. The van der Waals surface area contributed by atoms with Crippen molar-refractivity contribution >= 4 is 11.8 Å². The van der Waals surface area contributed by atoms with Gasteiger partial charge in [-0.05, 0) is 62.4 Å². The van der Waals surface area contributed by atoms with Gasteiger partial charge in [-0.1, -0.05) is 12.1 Å². The van der Waals surface area contributed by atoms with Gasteiger partial charge in [0.1, 0.15) is 11.2 Å². The molecule has 2 N–H and O–H groups in total. The molecule has 4 aliphatic heterocycles. The Morgan fingerprint density at radius 2 is 1.78 bits per heavy atom. The van der Waals surface area contributed by atoms with Gasteiger partial charge in [0, 0.05) is 18.5 Å². The van der Waals surface area contributed by atoms with Crippen LogP contribution < -0.4 is 10.5 Å². The number of methoxy groups -OCH3 is 1. The quantitative estimate of drug-likeness (QED) is 0.813. The Kier molecular flexibility index (Phi) is 3.76. The number of rotatable bonds is 4. The average molecular weight is 369 g/mol. The van der Waals surface area contributed by atoms with Crippen molar-refractivity contribution in [1.29, 1.82) is 0 Å². The second kappa shape index (κ2) is 5.96. The van der Waals surface area contributed by atoms with Gasteiger partial charge in [-0.15, -0.1) is 0 Å². The molecule has 5 aliphatic rings. The van der Waals surface area contributed by atoms with Crippen molar-refractivity contribution in [3.63, 3.8) is 0 Å². The van der Waals surface area contributed by atoms with E-state index >= 15 is 0 Å². The Balaban J connectivity index is 1.50. The van der Waals surface area contributed by atoms with Crippen LogP contribution >= 0.6 is 0 Å². The average Bonchev–Trinajstić information content (AvgIpc) is 3.42. The number of nitrogens with two attached hydrogens (primary N) is 1. The highest BCUT2D eigenvalue weighted by Crippen LogP contribution is 2.52. The van der Waals surface area contributed by atoms with E-state index in [1.807, 2.05) is 17.0 Å². The summed E-state index contributed by atoms with van der Waals surface area (Å²) in [5.74, 6) is 1.19. The first-order valence-corrected chi connectivity index (χ1v) is 10.0. The molecule has 4 saturated heterocycles. The van der Waals surface area contributed by atoms with Crippen LogP contribution in [0.25, 0.3) is 0 Å². The molecular weight excluding hydrogens is 342 g/mol.